The van der Waals surface area contributed by atoms with Gasteiger partial charge >= 0.3 is 0 Å². The van der Waals surface area contributed by atoms with Gasteiger partial charge in [-0.1, -0.05) is 41.1 Å². The summed E-state index contributed by atoms with van der Waals surface area (Å²) in [5.74, 6) is 1.16. The van der Waals surface area contributed by atoms with Gasteiger partial charge in [0.05, 0.1) is 29.9 Å². The molecule has 4 rings (SSSR count). The van der Waals surface area contributed by atoms with E-state index in [9.17, 15) is 8.42 Å². The van der Waals surface area contributed by atoms with E-state index in [0.717, 1.165) is 16.7 Å². The molecule has 6 nitrogen and oxygen atoms in total. The summed E-state index contributed by atoms with van der Waals surface area (Å²) in [5.41, 5.74) is 3.64. The first kappa shape index (κ1) is 20.1. The Morgan fingerprint density at radius 1 is 0.933 bits per heavy atom. The Morgan fingerprint density at radius 2 is 1.73 bits per heavy atom. The van der Waals surface area contributed by atoms with E-state index in [1.807, 2.05) is 32.0 Å². The molecule has 2 aromatic carbocycles. The van der Waals surface area contributed by atoms with E-state index in [0.29, 0.717) is 17.2 Å². The van der Waals surface area contributed by atoms with Crippen LogP contribution in [0.2, 0.25) is 0 Å². The highest BCUT2D eigenvalue weighted by molar-refractivity contribution is 7.89. The van der Waals surface area contributed by atoms with E-state index in [4.69, 9.17) is 8.94 Å². The molecular weight excluding hydrogens is 400 g/mol. The van der Waals surface area contributed by atoms with E-state index in [1.165, 1.54) is 10.6 Å². The minimum absolute atomic E-state index is 0.0618. The normalized spacial score (nSPS) is 11.8. The second-order valence-corrected chi connectivity index (χ2v) is 9.10. The van der Waals surface area contributed by atoms with E-state index < -0.39 is 10.0 Å². The van der Waals surface area contributed by atoms with Crippen LogP contribution in [0.25, 0.3) is 11.3 Å². The molecule has 0 radical (unpaired) electrons. The molecule has 0 spiro atoms. The molecule has 0 atom stereocenters. The summed E-state index contributed by atoms with van der Waals surface area (Å²) in [4.78, 5) is 0.217. The van der Waals surface area contributed by atoms with Gasteiger partial charge in [-0.3, -0.25) is 0 Å². The first-order valence-electron chi connectivity index (χ1n) is 9.54. The zero-order valence-corrected chi connectivity index (χ0v) is 17.6. The van der Waals surface area contributed by atoms with E-state index >= 15 is 0 Å². The molecule has 0 amide bonds. The predicted molar refractivity (Wildman–Crippen MR) is 113 cm³/mol. The van der Waals surface area contributed by atoms with Crippen LogP contribution in [0, 0.1) is 13.8 Å². The van der Waals surface area contributed by atoms with E-state index in [-0.39, 0.29) is 18.0 Å². The van der Waals surface area contributed by atoms with Crippen molar-refractivity contribution in [3.8, 4) is 11.3 Å². The van der Waals surface area contributed by atoms with Crippen molar-refractivity contribution in [3.63, 3.8) is 0 Å². The van der Waals surface area contributed by atoms with Crippen LogP contribution in [0.4, 0.5) is 0 Å². The second kappa shape index (κ2) is 8.30. The molecule has 7 heteroatoms. The third-order valence-electron chi connectivity index (χ3n) is 4.85. The average Bonchev–Trinajstić information content (AvgIpc) is 3.42. The molecule has 30 heavy (non-hydrogen) atoms. The van der Waals surface area contributed by atoms with Crippen molar-refractivity contribution in [2.75, 3.05) is 0 Å². The van der Waals surface area contributed by atoms with Gasteiger partial charge in [0.25, 0.3) is 0 Å². The number of hydrogen-bond donors (Lipinski definition) is 0. The first-order valence-corrected chi connectivity index (χ1v) is 11.0. The maximum Gasteiger partial charge on any atom is 0.243 e. The Hall–Kier alpha value is -3.16. The number of furan rings is 1. The maximum atomic E-state index is 13.3. The zero-order chi connectivity index (χ0) is 21.1. The van der Waals surface area contributed by atoms with Crippen LogP contribution in [0.15, 0.2) is 86.8 Å². The molecule has 0 aliphatic carbocycles. The highest BCUT2D eigenvalue weighted by atomic mass is 32.2. The van der Waals surface area contributed by atoms with Gasteiger partial charge in [-0.05, 0) is 49.7 Å². The minimum atomic E-state index is -3.75. The van der Waals surface area contributed by atoms with Gasteiger partial charge in [0.2, 0.25) is 10.0 Å². The van der Waals surface area contributed by atoms with Crippen molar-refractivity contribution in [1.82, 2.24) is 9.46 Å². The molecule has 2 aromatic heterocycles. The number of benzene rings is 2. The van der Waals surface area contributed by atoms with Crippen molar-refractivity contribution in [1.29, 1.82) is 0 Å². The molecule has 2 heterocycles. The lowest BCUT2D eigenvalue weighted by molar-refractivity contribution is 0.343. The summed E-state index contributed by atoms with van der Waals surface area (Å²) < 4.78 is 38.8. The van der Waals surface area contributed by atoms with Gasteiger partial charge in [-0.2, -0.15) is 4.31 Å². The molecular formula is C23H22N2O4S. The van der Waals surface area contributed by atoms with Crippen molar-refractivity contribution in [3.05, 3.63) is 95.6 Å². The molecule has 0 aliphatic rings. The van der Waals surface area contributed by atoms with E-state index in [1.54, 1.807) is 48.5 Å². The Balaban J connectivity index is 1.66. The Labute approximate surface area is 175 Å². The van der Waals surface area contributed by atoms with Crippen LogP contribution in [-0.4, -0.2) is 17.9 Å². The Kier molecular flexibility index (Phi) is 5.57. The molecule has 0 bridgehead atoms. The summed E-state index contributed by atoms with van der Waals surface area (Å²) in [5, 5.41) is 4.13. The predicted octanol–water partition coefficient (Wildman–Crippen LogP) is 4.94. The second-order valence-electron chi connectivity index (χ2n) is 7.17. The number of sulfonamides is 1. The Morgan fingerprint density at radius 3 is 2.47 bits per heavy atom. The van der Waals surface area contributed by atoms with Crippen LogP contribution < -0.4 is 0 Å². The van der Waals surface area contributed by atoms with Crippen LogP contribution >= 0.6 is 0 Å². The number of nitrogens with zero attached hydrogens (tertiary/aromatic N) is 2. The topological polar surface area (TPSA) is 76.6 Å². The summed E-state index contributed by atoms with van der Waals surface area (Å²) in [6, 6.07) is 19.7. The molecule has 154 valence electrons. The fourth-order valence-corrected chi connectivity index (χ4v) is 4.64. The molecule has 0 saturated carbocycles. The highest BCUT2D eigenvalue weighted by Crippen LogP contribution is 2.27. The minimum Gasteiger partial charge on any atom is -0.468 e. The van der Waals surface area contributed by atoms with Crippen molar-refractivity contribution >= 4 is 10.0 Å². The standard InChI is InChI=1S/C23H22N2O4S/c1-17-10-11-18(2)22(13-17)23-14-19(24-29-23)15-25(16-20-7-6-12-28-20)30(26,27)21-8-4-3-5-9-21/h3-14H,15-16H2,1-2H3. The number of aromatic nitrogens is 1. The third-order valence-corrected chi connectivity index (χ3v) is 6.66. The smallest absolute Gasteiger partial charge is 0.243 e. The summed E-state index contributed by atoms with van der Waals surface area (Å²) in [6.07, 6.45) is 1.53. The van der Waals surface area contributed by atoms with Gasteiger partial charge in [0.1, 0.15) is 5.76 Å². The lowest BCUT2D eigenvalue weighted by Gasteiger charge is -2.20. The van der Waals surface area contributed by atoms with Crippen LogP contribution in [0.1, 0.15) is 22.6 Å². The molecule has 0 aliphatic heterocycles. The van der Waals surface area contributed by atoms with Gasteiger partial charge in [-0.15, -0.1) is 0 Å². The van der Waals surface area contributed by atoms with Gasteiger partial charge in [0.15, 0.2) is 5.76 Å². The molecule has 0 unspecified atom stereocenters. The third kappa shape index (κ3) is 4.22. The van der Waals surface area contributed by atoms with Crippen molar-refractivity contribution < 1.29 is 17.4 Å². The lowest BCUT2D eigenvalue weighted by atomic mass is 10.0. The monoisotopic (exact) mass is 422 g/mol. The largest absolute Gasteiger partial charge is 0.468 e. The maximum absolute atomic E-state index is 13.3. The lowest BCUT2D eigenvalue weighted by Crippen LogP contribution is -2.30. The summed E-state index contributed by atoms with van der Waals surface area (Å²) in [7, 11) is -3.75. The summed E-state index contributed by atoms with van der Waals surface area (Å²) in [6.45, 7) is 4.17. The molecule has 0 saturated heterocycles. The number of rotatable bonds is 7. The van der Waals surface area contributed by atoms with E-state index in [2.05, 4.69) is 5.16 Å². The average molecular weight is 423 g/mol. The van der Waals surface area contributed by atoms with Crippen LogP contribution in [0.5, 0.6) is 0 Å². The van der Waals surface area contributed by atoms with Gasteiger partial charge in [-0.25, -0.2) is 8.42 Å². The number of aryl methyl sites for hydroxylation is 2. The highest BCUT2D eigenvalue weighted by Gasteiger charge is 2.27. The fraction of sp³-hybridized carbons (Fsp3) is 0.174. The first-order chi connectivity index (χ1) is 14.4. The van der Waals surface area contributed by atoms with Gasteiger partial charge < -0.3 is 8.94 Å². The van der Waals surface area contributed by atoms with Crippen LogP contribution in [0.3, 0.4) is 0 Å². The molecule has 0 fully saturated rings. The van der Waals surface area contributed by atoms with Gasteiger partial charge in [0, 0.05) is 11.6 Å². The molecule has 4 aromatic rings. The summed E-state index contributed by atoms with van der Waals surface area (Å²) >= 11 is 0. The quantitative estimate of drug-likeness (QED) is 0.421. The van der Waals surface area contributed by atoms with Crippen molar-refractivity contribution in [2.24, 2.45) is 0 Å². The number of hydrogen-bond acceptors (Lipinski definition) is 5. The zero-order valence-electron chi connectivity index (χ0n) is 16.8. The van der Waals surface area contributed by atoms with Crippen LogP contribution in [-0.2, 0) is 23.1 Å². The van der Waals surface area contributed by atoms with Crippen molar-refractivity contribution in [2.45, 2.75) is 31.8 Å². The SMILES string of the molecule is Cc1ccc(C)c(-c2cc(CN(Cc3ccco3)S(=O)(=O)c3ccccc3)no2)c1. The Bertz CT molecular complexity index is 1230. The molecule has 0 N–H and O–H groups in total. The fourth-order valence-electron chi connectivity index (χ4n) is 3.24.